The number of morpholine rings is 1. The van der Waals surface area contributed by atoms with Crippen LogP contribution in [0.1, 0.15) is 110 Å². The smallest absolute Gasteiger partial charge is 0.310 e. The number of hydrogen-bond donors (Lipinski definition) is 1. The van der Waals surface area contributed by atoms with Crippen LogP contribution in [-0.4, -0.2) is 47.3 Å². The number of carboxylic acid groups (broad SMARTS) is 1. The van der Waals surface area contributed by atoms with E-state index in [0.717, 1.165) is 76.5 Å². The molecule has 2 heterocycles. The van der Waals surface area contributed by atoms with Crippen LogP contribution in [0.2, 0.25) is 0 Å². The van der Waals surface area contributed by atoms with E-state index in [-0.39, 0.29) is 40.0 Å². The number of allylic oxidation sites excluding steroid dienone is 2. The first-order valence-electron chi connectivity index (χ1n) is 17.4. The normalized spacial score (nSPS) is 44.0. The third kappa shape index (κ3) is 4.04. The van der Waals surface area contributed by atoms with Crippen LogP contribution in [0.4, 0.5) is 5.82 Å². The summed E-state index contributed by atoms with van der Waals surface area (Å²) in [6.45, 7) is 22.8. The second-order valence-electron chi connectivity index (χ2n) is 17.0. The topological polar surface area (TPSA) is 75.5 Å². The SMILES string of the molecule is Cc1nc(N2CCOCC2)c2c(n1)C(C)(C)[C@@H]1CC[C@]3(C)[C@H](CC=C4[C@@H]5[C@@H](C)[C@H](C)CC[C@]5(C(=O)O)CC[C@]43C)[C@@]1(C)C2.Cl. The van der Waals surface area contributed by atoms with Crippen LogP contribution < -0.4 is 4.90 Å². The highest BCUT2D eigenvalue weighted by molar-refractivity contribution is 5.85. The molecular formula is C37H56ClN3O3. The fraction of sp³-hybridized carbons (Fsp3) is 0.811. The van der Waals surface area contributed by atoms with E-state index >= 15 is 0 Å². The number of aliphatic carboxylic acids is 1. The maximum atomic E-state index is 13.1. The molecular weight excluding hydrogens is 570 g/mol. The lowest BCUT2D eigenvalue weighted by molar-refractivity contribution is -0.179. The minimum absolute atomic E-state index is 0. The summed E-state index contributed by atoms with van der Waals surface area (Å²) in [4.78, 5) is 25.8. The fourth-order valence-electron chi connectivity index (χ4n) is 12.5. The van der Waals surface area contributed by atoms with Gasteiger partial charge in [0.1, 0.15) is 11.6 Å². The third-order valence-corrected chi connectivity index (χ3v) is 15.1. The molecule has 3 saturated carbocycles. The Labute approximate surface area is 271 Å². The first kappa shape index (κ1) is 32.3. The van der Waals surface area contributed by atoms with Crippen molar-refractivity contribution >= 4 is 24.2 Å². The molecule has 6 nitrogen and oxygen atoms in total. The number of fused-ring (bicyclic) bond motifs is 8. The zero-order valence-corrected chi connectivity index (χ0v) is 29.3. The zero-order chi connectivity index (χ0) is 30.7. The number of rotatable bonds is 2. The second-order valence-corrected chi connectivity index (χ2v) is 17.0. The van der Waals surface area contributed by atoms with Crippen LogP contribution in [0.3, 0.4) is 0 Å². The summed E-state index contributed by atoms with van der Waals surface area (Å²) in [7, 11) is 0. The van der Waals surface area contributed by atoms with E-state index in [4.69, 9.17) is 14.7 Å². The number of carboxylic acids is 1. The highest BCUT2D eigenvalue weighted by Crippen LogP contribution is 2.75. The maximum absolute atomic E-state index is 13.1. The number of carbonyl (C=O) groups is 1. The fourth-order valence-corrected chi connectivity index (χ4v) is 12.5. The van der Waals surface area contributed by atoms with Gasteiger partial charge in [-0.15, -0.1) is 12.4 Å². The molecule has 1 aliphatic heterocycles. The van der Waals surface area contributed by atoms with Gasteiger partial charge in [0.2, 0.25) is 0 Å². The van der Waals surface area contributed by atoms with Crippen molar-refractivity contribution in [1.82, 2.24) is 9.97 Å². The quantitative estimate of drug-likeness (QED) is 0.338. The summed E-state index contributed by atoms with van der Waals surface area (Å²) < 4.78 is 5.73. The molecule has 244 valence electrons. The highest BCUT2D eigenvalue weighted by atomic mass is 35.5. The first-order chi connectivity index (χ1) is 20.2. The largest absolute Gasteiger partial charge is 0.481 e. The Morgan fingerprint density at radius 2 is 1.68 bits per heavy atom. The standard InChI is InChI=1S/C37H55N3O3.ClH/c1-22-11-14-37(32(41)42)16-15-35(7)26(29(37)23(22)2)9-10-28-34(6)21-25-30(33(4,5)27(34)12-13-36(28,35)8)38-24(3)39-31(25)40-17-19-43-20-18-40;/h9,22-23,27-29H,10-21H2,1-8H3,(H,41,42);1H/t22-,23+,27+,28-,29+,34+,35-,36-,37+;/m1./s1. The molecule has 1 aromatic heterocycles. The molecule has 5 aliphatic carbocycles. The molecule has 0 radical (unpaired) electrons. The number of ether oxygens (including phenoxy) is 1. The molecule has 0 bridgehead atoms. The summed E-state index contributed by atoms with van der Waals surface area (Å²) in [5, 5.41) is 10.7. The van der Waals surface area contributed by atoms with Gasteiger partial charge in [-0.1, -0.05) is 60.1 Å². The van der Waals surface area contributed by atoms with E-state index in [1.165, 1.54) is 29.7 Å². The van der Waals surface area contributed by atoms with Crippen LogP contribution in [0.25, 0.3) is 0 Å². The molecule has 1 saturated heterocycles. The summed E-state index contributed by atoms with van der Waals surface area (Å²) in [6.07, 6.45) is 10.8. The van der Waals surface area contributed by atoms with Crippen molar-refractivity contribution < 1.29 is 14.6 Å². The van der Waals surface area contributed by atoms with Gasteiger partial charge in [-0.3, -0.25) is 4.79 Å². The van der Waals surface area contributed by atoms with E-state index in [2.05, 4.69) is 66.4 Å². The van der Waals surface area contributed by atoms with Crippen LogP contribution >= 0.6 is 12.4 Å². The van der Waals surface area contributed by atoms with Crippen molar-refractivity contribution in [2.75, 3.05) is 31.2 Å². The summed E-state index contributed by atoms with van der Waals surface area (Å²) in [6, 6.07) is 0. The van der Waals surface area contributed by atoms with Crippen LogP contribution in [0.5, 0.6) is 0 Å². The highest BCUT2D eigenvalue weighted by Gasteiger charge is 2.69. The van der Waals surface area contributed by atoms with Crippen molar-refractivity contribution in [3.63, 3.8) is 0 Å². The molecule has 44 heavy (non-hydrogen) atoms. The number of nitrogens with zero attached hydrogens (tertiary/aromatic N) is 3. The molecule has 7 heteroatoms. The molecule has 0 amide bonds. The lowest BCUT2D eigenvalue weighted by Gasteiger charge is -2.70. The van der Waals surface area contributed by atoms with Gasteiger partial charge in [-0.2, -0.15) is 0 Å². The molecule has 1 aromatic rings. The Kier molecular flexibility index (Phi) is 7.65. The Morgan fingerprint density at radius 1 is 0.977 bits per heavy atom. The average Bonchev–Trinajstić information content (AvgIpc) is 2.95. The van der Waals surface area contributed by atoms with Crippen LogP contribution in [-0.2, 0) is 21.4 Å². The lowest BCUT2D eigenvalue weighted by Crippen LogP contribution is -2.65. The van der Waals surface area contributed by atoms with E-state index in [9.17, 15) is 9.90 Å². The van der Waals surface area contributed by atoms with Crippen LogP contribution in [0.15, 0.2) is 11.6 Å². The predicted molar refractivity (Wildman–Crippen MR) is 177 cm³/mol. The first-order valence-corrected chi connectivity index (χ1v) is 17.4. The van der Waals surface area contributed by atoms with Gasteiger partial charge in [0.25, 0.3) is 0 Å². The van der Waals surface area contributed by atoms with E-state index in [1.54, 1.807) is 0 Å². The summed E-state index contributed by atoms with van der Waals surface area (Å²) in [5.74, 6) is 3.70. The maximum Gasteiger partial charge on any atom is 0.310 e. The Morgan fingerprint density at radius 3 is 2.36 bits per heavy atom. The van der Waals surface area contributed by atoms with Gasteiger partial charge in [-0.05, 0) is 104 Å². The molecule has 1 N–H and O–H groups in total. The minimum Gasteiger partial charge on any atom is -0.481 e. The number of halogens is 1. The monoisotopic (exact) mass is 625 g/mol. The van der Waals surface area contributed by atoms with Crippen molar-refractivity contribution in [3.05, 3.63) is 28.7 Å². The minimum atomic E-state index is -0.588. The van der Waals surface area contributed by atoms with Crippen molar-refractivity contribution in [1.29, 1.82) is 0 Å². The number of aromatic nitrogens is 2. The molecule has 9 atom stereocenters. The molecule has 4 fully saturated rings. The van der Waals surface area contributed by atoms with E-state index in [0.29, 0.717) is 23.7 Å². The Bertz CT molecular complexity index is 1370. The van der Waals surface area contributed by atoms with Crippen LogP contribution in [0, 0.1) is 58.2 Å². The summed E-state index contributed by atoms with van der Waals surface area (Å²) in [5.41, 5.74) is 3.82. The van der Waals surface area contributed by atoms with Crippen molar-refractivity contribution in [2.24, 2.45) is 51.2 Å². The number of aryl methyl sites for hydroxylation is 1. The molecule has 0 aromatic carbocycles. The van der Waals surface area contributed by atoms with Gasteiger partial charge in [0.05, 0.1) is 24.3 Å². The van der Waals surface area contributed by atoms with Gasteiger partial charge in [0.15, 0.2) is 0 Å². The lowest BCUT2D eigenvalue weighted by atomic mass is 9.33. The predicted octanol–water partition coefficient (Wildman–Crippen LogP) is 7.80. The van der Waals surface area contributed by atoms with Gasteiger partial charge in [-0.25, -0.2) is 9.97 Å². The molecule has 0 unspecified atom stereocenters. The molecule has 6 aliphatic rings. The second kappa shape index (κ2) is 10.4. The molecule has 0 spiro atoms. The summed E-state index contributed by atoms with van der Waals surface area (Å²) >= 11 is 0. The van der Waals surface area contributed by atoms with Gasteiger partial charge >= 0.3 is 5.97 Å². The average molecular weight is 626 g/mol. The Hall–Kier alpha value is -1.66. The van der Waals surface area contributed by atoms with E-state index < -0.39 is 11.4 Å². The van der Waals surface area contributed by atoms with Crippen molar-refractivity contribution in [3.8, 4) is 0 Å². The van der Waals surface area contributed by atoms with Gasteiger partial charge in [0, 0.05) is 24.1 Å². The number of hydrogen-bond acceptors (Lipinski definition) is 5. The molecule has 7 rings (SSSR count). The zero-order valence-electron chi connectivity index (χ0n) is 28.5. The Balaban J connectivity index is 0.00000343. The third-order valence-electron chi connectivity index (χ3n) is 15.1. The number of anilines is 1. The van der Waals surface area contributed by atoms with E-state index in [1.807, 2.05) is 0 Å². The van der Waals surface area contributed by atoms with Gasteiger partial charge < -0.3 is 14.7 Å². The van der Waals surface area contributed by atoms with Crippen molar-refractivity contribution in [2.45, 2.75) is 112 Å².